The molecule has 6 heteroatoms. The summed E-state index contributed by atoms with van der Waals surface area (Å²) in [5.41, 5.74) is 0. The molecule has 20 heavy (non-hydrogen) atoms. The third-order valence-electron chi connectivity index (χ3n) is 3.67. The van der Waals surface area contributed by atoms with Gasteiger partial charge in [-0.25, -0.2) is 9.97 Å². The van der Waals surface area contributed by atoms with Crippen LogP contribution in [0.3, 0.4) is 0 Å². The zero-order valence-electron chi connectivity index (χ0n) is 12.2. The predicted octanol–water partition coefficient (Wildman–Crippen LogP) is 1.88. The molecule has 1 aliphatic rings. The lowest BCUT2D eigenvalue weighted by Crippen LogP contribution is -2.25. The molecular weight excluding hydrogens is 256 g/mol. The van der Waals surface area contributed by atoms with Gasteiger partial charge in [0.25, 0.3) is 0 Å². The molecule has 2 atom stereocenters. The van der Waals surface area contributed by atoms with Crippen LogP contribution in [0.2, 0.25) is 0 Å². The Labute approximate surface area is 120 Å². The van der Waals surface area contributed by atoms with Crippen molar-refractivity contribution in [3.8, 4) is 5.75 Å². The van der Waals surface area contributed by atoms with E-state index < -0.39 is 0 Å². The van der Waals surface area contributed by atoms with Crippen LogP contribution >= 0.6 is 0 Å². The topological polar surface area (TPSA) is 79.3 Å². The van der Waals surface area contributed by atoms with Crippen LogP contribution in [0.15, 0.2) is 6.33 Å². The van der Waals surface area contributed by atoms with Crippen LogP contribution in [-0.4, -0.2) is 41.4 Å². The summed E-state index contributed by atoms with van der Waals surface area (Å²) in [6.45, 7) is 3.59. The molecule has 112 valence electrons. The Balaban J connectivity index is 1.99. The van der Waals surface area contributed by atoms with Crippen LogP contribution in [0.25, 0.3) is 0 Å². The molecule has 0 aromatic carbocycles. The summed E-state index contributed by atoms with van der Waals surface area (Å²) in [6.07, 6.45) is 5.41. The first kappa shape index (κ1) is 14.8. The molecule has 6 nitrogen and oxygen atoms in total. The number of rotatable bonds is 6. The van der Waals surface area contributed by atoms with Crippen molar-refractivity contribution in [2.24, 2.45) is 5.92 Å². The minimum atomic E-state index is -0.153. The lowest BCUT2D eigenvalue weighted by atomic mass is 9.87. The minimum absolute atomic E-state index is 0.153. The molecule has 1 aromatic heterocycles. The highest BCUT2D eigenvalue weighted by Gasteiger charge is 2.21. The first-order valence-electron chi connectivity index (χ1n) is 7.29. The molecule has 1 fully saturated rings. The molecule has 0 amide bonds. The van der Waals surface area contributed by atoms with Crippen molar-refractivity contribution in [3.05, 3.63) is 6.33 Å². The number of nitrogens with zero attached hydrogens (tertiary/aromatic N) is 2. The van der Waals surface area contributed by atoms with Crippen molar-refractivity contribution < 1.29 is 9.84 Å². The number of nitrogens with one attached hydrogen (secondary N) is 2. The van der Waals surface area contributed by atoms with Gasteiger partial charge < -0.3 is 20.5 Å². The van der Waals surface area contributed by atoms with E-state index in [1.165, 1.54) is 6.33 Å². The van der Waals surface area contributed by atoms with Crippen molar-refractivity contribution in [1.82, 2.24) is 9.97 Å². The summed E-state index contributed by atoms with van der Waals surface area (Å²) in [5.74, 6) is 2.54. The molecule has 3 N–H and O–H groups in total. The van der Waals surface area contributed by atoms with Gasteiger partial charge in [-0.3, -0.25) is 0 Å². The molecule has 1 heterocycles. The summed E-state index contributed by atoms with van der Waals surface area (Å²) in [4.78, 5) is 8.43. The average molecular weight is 280 g/mol. The fraction of sp³-hybridized carbons (Fsp3) is 0.714. The molecular formula is C14H24N4O2. The van der Waals surface area contributed by atoms with Crippen molar-refractivity contribution in [2.75, 3.05) is 30.8 Å². The van der Waals surface area contributed by atoms with E-state index in [0.717, 1.165) is 38.8 Å². The Hall–Kier alpha value is -1.56. The predicted molar refractivity (Wildman–Crippen MR) is 79.2 cm³/mol. The monoisotopic (exact) mass is 280 g/mol. The van der Waals surface area contributed by atoms with Gasteiger partial charge in [-0.05, 0) is 32.1 Å². The van der Waals surface area contributed by atoms with Crippen LogP contribution in [0, 0.1) is 5.92 Å². The SMILES string of the molecule is CCNc1ncnc(NCC2CCCC(O)C2)c1OC. The number of hydrogen-bond donors (Lipinski definition) is 3. The molecule has 0 spiro atoms. The van der Waals surface area contributed by atoms with Crippen LogP contribution in [0.4, 0.5) is 11.6 Å². The lowest BCUT2D eigenvalue weighted by molar-refractivity contribution is 0.104. The molecule has 1 aromatic rings. The molecule has 2 unspecified atom stereocenters. The van der Waals surface area contributed by atoms with Crippen LogP contribution in [0.1, 0.15) is 32.6 Å². The second kappa shape index (κ2) is 7.28. The Morgan fingerprint density at radius 2 is 2.05 bits per heavy atom. The summed E-state index contributed by atoms with van der Waals surface area (Å²) in [6, 6.07) is 0. The number of ether oxygens (including phenoxy) is 1. The highest BCUT2D eigenvalue weighted by Crippen LogP contribution is 2.30. The highest BCUT2D eigenvalue weighted by atomic mass is 16.5. The van der Waals surface area contributed by atoms with Gasteiger partial charge in [-0.1, -0.05) is 6.42 Å². The molecule has 0 radical (unpaired) electrons. The minimum Gasteiger partial charge on any atom is -0.490 e. The normalized spacial score (nSPS) is 22.4. The standard InChI is InChI=1S/C14H24N4O2/c1-3-15-13-12(20-2)14(18-9-17-13)16-8-10-5-4-6-11(19)7-10/h9-11,19H,3-8H2,1-2H3,(H2,15,16,17,18). The number of methoxy groups -OCH3 is 1. The van der Waals surface area contributed by atoms with Gasteiger partial charge in [-0.2, -0.15) is 0 Å². The first-order valence-corrected chi connectivity index (χ1v) is 7.29. The largest absolute Gasteiger partial charge is 0.490 e. The number of aliphatic hydroxyl groups excluding tert-OH is 1. The van der Waals surface area contributed by atoms with Crippen molar-refractivity contribution in [3.63, 3.8) is 0 Å². The summed E-state index contributed by atoms with van der Waals surface area (Å²) in [5, 5.41) is 16.2. The third kappa shape index (κ3) is 3.72. The summed E-state index contributed by atoms with van der Waals surface area (Å²) >= 11 is 0. The second-order valence-electron chi connectivity index (χ2n) is 5.20. The maximum Gasteiger partial charge on any atom is 0.204 e. The Morgan fingerprint density at radius 3 is 2.70 bits per heavy atom. The molecule has 1 saturated carbocycles. The smallest absolute Gasteiger partial charge is 0.204 e. The summed E-state index contributed by atoms with van der Waals surface area (Å²) < 4.78 is 5.39. The lowest BCUT2D eigenvalue weighted by Gasteiger charge is -2.26. The Bertz CT molecular complexity index is 428. The zero-order chi connectivity index (χ0) is 14.4. The van der Waals surface area contributed by atoms with E-state index in [9.17, 15) is 5.11 Å². The van der Waals surface area contributed by atoms with Gasteiger partial charge in [0.15, 0.2) is 11.6 Å². The zero-order valence-corrected chi connectivity index (χ0v) is 12.2. The summed E-state index contributed by atoms with van der Waals surface area (Å²) in [7, 11) is 1.62. The fourth-order valence-corrected chi connectivity index (χ4v) is 2.68. The van der Waals surface area contributed by atoms with Crippen molar-refractivity contribution in [2.45, 2.75) is 38.7 Å². The average Bonchev–Trinajstić information content (AvgIpc) is 2.45. The van der Waals surface area contributed by atoms with Gasteiger partial charge in [0.1, 0.15) is 6.33 Å². The number of hydrogen-bond acceptors (Lipinski definition) is 6. The van der Waals surface area contributed by atoms with Crippen molar-refractivity contribution >= 4 is 11.6 Å². The second-order valence-corrected chi connectivity index (χ2v) is 5.20. The van der Waals surface area contributed by atoms with E-state index in [0.29, 0.717) is 23.3 Å². The van der Waals surface area contributed by atoms with E-state index in [2.05, 4.69) is 20.6 Å². The van der Waals surface area contributed by atoms with Gasteiger partial charge in [0.05, 0.1) is 13.2 Å². The number of anilines is 2. The Kier molecular flexibility index (Phi) is 5.40. The van der Waals surface area contributed by atoms with Crippen LogP contribution in [0.5, 0.6) is 5.75 Å². The van der Waals surface area contributed by atoms with E-state index in [1.54, 1.807) is 7.11 Å². The van der Waals surface area contributed by atoms with Gasteiger partial charge in [0, 0.05) is 13.1 Å². The van der Waals surface area contributed by atoms with Crippen molar-refractivity contribution in [1.29, 1.82) is 0 Å². The van der Waals surface area contributed by atoms with Gasteiger partial charge >= 0.3 is 0 Å². The maximum atomic E-state index is 9.70. The third-order valence-corrected chi connectivity index (χ3v) is 3.67. The van der Waals surface area contributed by atoms with E-state index >= 15 is 0 Å². The number of aliphatic hydroxyl groups is 1. The highest BCUT2D eigenvalue weighted by molar-refractivity contribution is 5.63. The quantitative estimate of drug-likeness (QED) is 0.738. The van der Waals surface area contributed by atoms with Crippen LogP contribution in [-0.2, 0) is 0 Å². The fourth-order valence-electron chi connectivity index (χ4n) is 2.68. The van der Waals surface area contributed by atoms with E-state index in [1.807, 2.05) is 6.92 Å². The number of aromatic nitrogens is 2. The van der Waals surface area contributed by atoms with Crippen LogP contribution < -0.4 is 15.4 Å². The molecule has 0 saturated heterocycles. The first-order chi connectivity index (χ1) is 9.74. The molecule has 2 rings (SSSR count). The maximum absolute atomic E-state index is 9.70. The molecule has 1 aliphatic carbocycles. The van der Waals surface area contributed by atoms with Gasteiger partial charge in [0.2, 0.25) is 5.75 Å². The van der Waals surface area contributed by atoms with E-state index in [-0.39, 0.29) is 6.10 Å². The van der Waals surface area contributed by atoms with E-state index in [4.69, 9.17) is 4.74 Å². The molecule has 0 bridgehead atoms. The van der Waals surface area contributed by atoms with Gasteiger partial charge in [-0.15, -0.1) is 0 Å². The Morgan fingerprint density at radius 1 is 1.30 bits per heavy atom. The molecule has 0 aliphatic heterocycles.